The van der Waals surface area contributed by atoms with Crippen molar-refractivity contribution in [2.75, 3.05) is 25.9 Å². The maximum Gasteiger partial charge on any atom is 0.283 e. The van der Waals surface area contributed by atoms with Gasteiger partial charge < -0.3 is 10.2 Å². The van der Waals surface area contributed by atoms with Crippen LogP contribution in [0, 0.1) is 16.0 Å². The van der Waals surface area contributed by atoms with Gasteiger partial charge in [-0.05, 0) is 50.1 Å². The van der Waals surface area contributed by atoms with Gasteiger partial charge in [-0.15, -0.1) is 11.8 Å². The highest BCUT2D eigenvalue weighted by Crippen LogP contribution is 2.32. The first-order chi connectivity index (χ1) is 11.9. The largest absolute Gasteiger partial charge is 0.334 e. The molecule has 0 aliphatic carbocycles. The van der Waals surface area contributed by atoms with Gasteiger partial charge in [-0.25, -0.2) is 0 Å². The summed E-state index contributed by atoms with van der Waals surface area (Å²) in [6.07, 6.45) is 2.95. The third kappa shape index (κ3) is 5.19. The lowest BCUT2D eigenvalue weighted by molar-refractivity contribution is -0.387. The topological polar surface area (TPSA) is 75.5 Å². The van der Waals surface area contributed by atoms with E-state index in [4.69, 9.17) is 0 Å². The van der Waals surface area contributed by atoms with E-state index in [0.29, 0.717) is 22.9 Å². The van der Waals surface area contributed by atoms with Gasteiger partial charge in [0.05, 0.1) is 9.82 Å². The highest BCUT2D eigenvalue weighted by atomic mass is 32.2. The van der Waals surface area contributed by atoms with Gasteiger partial charge in [-0.1, -0.05) is 13.8 Å². The molecule has 1 fully saturated rings. The summed E-state index contributed by atoms with van der Waals surface area (Å²) in [6, 6.07) is 5.05. The molecule has 1 aromatic carbocycles. The second-order valence-electron chi connectivity index (χ2n) is 6.82. The van der Waals surface area contributed by atoms with Crippen LogP contribution in [0.2, 0.25) is 0 Å². The molecule has 0 aromatic heterocycles. The lowest BCUT2D eigenvalue weighted by atomic mass is 10.1. The molecule has 0 bridgehead atoms. The number of nitrogens with one attached hydrogen (secondary N) is 1. The van der Waals surface area contributed by atoms with E-state index in [1.165, 1.54) is 17.8 Å². The number of thioether (sulfide) groups is 1. The van der Waals surface area contributed by atoms with Gasteiger partial charge in [0, 0.05) is 30.8 Å². The van der Waals surface area contributed by atoms with E-state index in [-0.39, 0.29) is 22.6 Å². The van der Waals surface area contributed by atoms with Gasteiger partial charge in [0.25, 0.3) is 11.6 Å². The van der Waals surface area contributed by atoms with Crippen LogP contribution < -0.4 is 5.32 Å². The second-order valence-corrected chi connectivity index (χ2v) is 7.96. The van der Waals surface area contributed by atoms with Crippen LogP contribution in [0.4, 0.5) is 5.69 Å². The van der Waals surface area contributed by atoms with Crippen LogP contribution in [0.15, 0.2) is 23.1 Å². The standard InChI is InChI=1S/C18H27N3O3S/c1-13(2)8-10-25-17-7-6-14(11-16(17)21(23)24)18(22)20-9-4-5-15(20)12-19-3/h6-7,11,13,15,19H,4-5,8-10,12H2,1-3H3. The van der Waals surface area contributed by atoms with Crippen molar-refractivity contribution in [3.05, 3.63) is 33.9 Å². The Morgan fingerprint density at radius 1 is 1.48 bits per heavy atom. The molecule has 1 aromatic rings. The Hall–Kier alpha value is -1.60. The summed E-state index contributed by atoms with van der Waals surface area (Å²) >= 11 is 1.49. The number of nitro groups is 1. The Morgan fingerprint density at radius 3 is 2.88 bits per heavy atom. The van der Waals surface area contributed by atoms with Crippen LogP contribution in [0.5, 0.6) is 0 Å². The molecule has 2 rings (SSSR count). The van der Waals surface area contributed by atoms with Crippen molar-refractivity contribution < 1.29 is 9.72 Å². The van der Waals surface area contributed by atoms with Crippen molar-refractivity contribution in [1.82, 2.24) is 10.2 Å². The number of nitrogens with zero attached hydrogens (tertiary/aromatic N) is 2. The van der Waals surface area contributed by atoms with Crippen molar-refractivity contribution in [2.24, 2.45) is 5.92 Å². The highest BCUT2D eigenvalue weighted by Gasteiger charge is 2.30. The average Bonchev–Trinajstić information content (AvgIpc) is 3.02. The molecule has 6 nitrogen and oxygen atoms in total. The first kappa shape index (κ1) is 19.7. The number of hydrogen-bond donors (Lipinski definition) is 1. The van der Waals surface area contributed by atoms with E-state index in [0.717, 1.165) is 31.6 Å². The third-order valence-corrected chi connectivity index (χ3v) is 5.53. The zero-order valence-electron chi connectivity index (χ0n) is 15.2. The second kappa shape index (κ2) is 9.20. The minimum absolute atomic E-state index is 0.0315. The predicted octanol–water partition coefficient (Wildman–Crippen LogP) is 3.56. The normalized spacial score (nSPS) is 17.3. The van der Waals surface area contributed by atoms with Crippen molar-refractivity contribution in [3.63, 3.8) is 0 Å². The number of rotatable bonds is 8. The number of carbonyl (C=O) groups is 1. The fourth-order valence-electron chi connectivity index (χ4n) is 3.04. The van der Waals surface area contributed by atoms with E-state index < -0.39 is 0 Å². The van der Waals surface area contributed by atoms with Crippen LogP contribution in [0.1, 0.15) is 43.5 Å². The van der Waals surface area contributed by atoms with Crippen LogP contribution in [0.25, 0.3) is 0 Å². The van der Waals surface area contributed by atoms with Gasteiger partial charge >= 0.3 is 0 Å². The molecular weight excluding hydrogens is 338 g/mol. The summed E-state index contributed by atoms with van der Waals surface area (Å²) in [5, 5.41) is 14.6. The van der Waals surface area contributed by atoms with Crippen molar-refractivity contribution in [3.8, 4) is 0 Å². The lowest BCUT2D eigenvalue weighted by Crippen LogP contribution is -2.40. The minimum atomic E-state index is -0.385. The van der Waals surface area contributed by atoms with E-state index in [2.05, 4.69) is 19.2 Å². The smallest absolute Gasteiger partial charge is 0.283 e. The summed E-state index contributed by atoms with van der Waals surface area (Å²) in [7, 11) is 1.87. The molecule has 1 N–H and O–H groups in total. The Balaban J connectivity index is 2.17. The fraction of sp³-hybridized carbons (Fsp3) is 0.611. The molecule has 138 valence electrons. The van der Waals surface area contributed by atoms with Crippen LogP contribution in [0.3, 0.4) is 0 Å². The summed E-state index contributed by atoms with van der Waals surface area (Å²) in [4.78, 5) is 26.3. The molecule has 1 aliphatic rings. The number of likely N-dealkylation sites (N-methyl/N-ethyl adjacent to an activating group) is 1. The number of benzene rings is 1. The van der Waals surface area contributed by atoms with Gasteiger partial charge in [0.15, 0.2) is 0 Å². The molecule has 0 saturated carbocycles. The summed E-state index contributed by atoms with van der Waals surface area (Å²) in [5.41, 5.74) is 0.437. The Morgan fingerprint density at radius 2 is 2.24 bits per heavy atom. The highest BCUT2D eigenvalue weighted by molar-refractivity contribution is 7.99. The molecule has 1 unspecified atom stereocenters. The molecule has 1 amide bonds. The first-order valence-electron chi connectivity index (χ1n) is 8.80. The number of amides is 1. The maximum atomic E-state index is 12.8. The zero-order valence-corrected chi connectivity index (χ0v) is 16.0. The molecule has 7 heteroatoms. The molecular formula is C18H27N3O3S. The minimum Gasteiger partial charge on any atom is -0.334 e. The van der Waals surface area contributed by atoms with Gasteiger partial charge in [-0.2, -0.15) is 0 Å². The van der Waals surface area contributed by atoms with Gasteiger partial charge in [-0.3, -0.25) is 14.9 Å². The van der Waals surface area contributed by atoms with E-state index in [1.54, 1.807) is 12.1 Å². The molecule has 1 heterocycles. The van der Waals surface area contributed by atoms with Crippen molar-refractivity contribution >= 4 is 23.4 Å². The molecule has 1 atom stereocenters. The number of nitro benzene ring substituents is 1. The molecule has 1 aliphatic heterocycles. The van der Waals surface area contributed by atoms with E-state index in [9.17, 15) is 14.9 Å². The lowest BCUT2D eigenvalue weighted by Gasteiger charge is -2.24. The number of hydrogen-bond acceptors (Lipinski definition) is 5. The number of likely N-dealkylation sites (tertiary alicyclic amines) is 1. The average molecular weight is 365 g/mol. The van der Waals surface area contributed by atoms with Gasteiger partial charge in [0.1, 0.15) is 0 Å². The van der Waals surface area contributed by atoms with Crippen molar-refractivity contribution in [1.29, 1.82) is 0 Å². The van der Waals surface area contributed by atoms with Crippen molar-refractivity contribution in [2.45, 2.75) is 44.0 Å². The first-order valence-corrected chi connectivity index (χ1v) is 9.79. The Kier molecular flexibility index (Phi) is 7.25. The molecule has 0 radical (unpaired) electrons. The third-order valence-electron chi connectivity index (χ3n) is 4.43. The van der Waals surface area contributed by atoms with Crippen LogP contribution in [-0.4, -0.2) is 47.7 Å². The predicted molar refractivity (Wildman–Crippen MR) is 101 cm³/mol. The molecule has 25 heavy (non-hydrogen) atoms. The summed E-state index contributed by atoms with van der Waals surface area (Å²) < 4.78 is 0. The molecule has 1 saturated heterocycles. The summed E-state index contributed by atoms with van der Waals surface area (Å²) in [5.74, 6) is 1.29. The van der Waals surface area contributed by atoms with E-state index >= 15 is 0 Å². The van der Waals surface area contributed by atoms with Crippen LogP contribution in [-0.2, 0) is 0 Å². The Bertz CT molecular complexity index is 622. The monoisotopic (exact) mass is 365 g/mol. The van der Waals surface area contributed by atoms with E-state index in [1.807, 2.05) is 11.9 Å². The molecule has 0 spiro atoms. The number of carbonyl (C=O) groups excluding carboxylic acids is 1. The summed E-state index contributed by atoms with van der Waals surface area (Å²) in [6.45, 7) is 5.73. The quantitative estimate of drug-likeness (QED) is 0.433. The SMILES string of the molecule is CNCC1CCCN1C(=O)c1ccc(SCCC(C)C)c([N+](=O)[O-])c1. The maximum absolute atomic E-state index is 12.8. The van der Waals surface area contributed by atoms with Crippen LogP contribution >= 0.6 is 11.8 Å². The van der Waals surface area contributed by atoms with Gasteiger partial charge in [0.2, 0.25) is 0 Å². The fourth-order valence-corrected chi connectivity index (χ4v) is 4.29. The zero-order chi connectivity index (χ0) is 18.4. The Labute approximate surface area is 153 Å².